The van der Waals surface area contributed by atoms with Crippen LogP contribution in [0.25, 0.3) is 0 Å². The largest absolute Gasteiger partial charge is 0.430 e. The third-order valence-corrected chi connectivity index (χ3v) is 4.06. The summed E-state index contributed by atoms with van der Waals surface area (Å²) >= 11 is 0. The maximum Gasteiger partial charge on any atom is 0.410 e. The van der Waals surface area contributed by atoms with E-state index in [0.29, 0.717) is 36.9 Å². The Hall–Kier alpha value is -2.57. The molecule has 2 rings (SSSR count). The smallest absolute Gasteiger partial charge is 0.410 e. The van der Waals surface area contributed by atoms with E-state index in [1.54, 1.807) is 25.2 Å². The molecule has 0 heterocycles. The van der Waals surface area contributed by atoms with Crippen molar-refractivity contribution in [2.45, 2.75) is 25.4 Å². The highest BCUT2D eigenvalue weighted by molar-refractivity contribution is 5.89. The summed E-state index contributed by atoms with van der Waals surface area (Å²) < 4.78 is 5.49. The third kappa shape index (κ3) is 3.28. The van der Waals surface area contributed by atoms with Gasteiger partial charge in [-0.05, 0) is 31.0 Å². The van der Waals surface area contributed by atoms with E-state index in [9.17, 15) is 14.4 Å². The summed E-state index contributed by atoms with van der Waals surface area (Å²) in [7, 11) is 3.15. The molecule has 1 atom stereocenters. The van der Waals surface area contributed by atoms with Crippen molar-refractivity contribution in [2.75, 3.05) is 26.0 Å². The van der Waals surface area contributed by atoms with Crippen LogP contribution in [0, 0.1) is 0 Å². The minimum absolute atomic E-state index is 0.319. The van der Waals surface area contributed by atoms with Crippen molar-refractivity contribution < 1.29 is 19.1 Å². The van der Waals surface area contributed by atoms with Crippen LogP contribution in [-0.4, -0.2) is 44.0 Å². The number of urea groups is 1. The van der Waals surface area contributed by atoms with Crippen LogP contribution in [0.5, 0.6) is 0 Å². The number of hydrogen-bond acceptors (Lipinski definition) is 4. The summed E-state index contributed by atoms with van der Waals surface area (Å²) in [5.74, 6) is 0. The first-order valence-electron chi connectivity index (χ1n) is 7.48. The fraction of sp³-hybridized carbons (Fsp3) is 0.438. The van der Waals surface area contributed by atoms with Gasteiger partial charge in [0.25, 0.3) is 0 Å². The standard InChI is InChI=1S/C16H21N3O4/c1-4-19(3)15(22)23-16(10-20)8-7-11-9-12(5-6-13(11)16)18-14(21)17-2/h5-6,9-10H,4,7-8H2,1-3H3,(H2,17,18,21)/t16-/m0/s1. The number of hydrogen-bond donors (Lipinski definition) is 2. The fourth-order valence-electron chi connectivity index (χ4n) is 2.56. The van der Waals surface area contributed by atoms with Crippen LogP contribution in [0.15, 0.2) is 18.2 Å². The molecule has 1 aromatic rings. The van der Waals surface area contributed by atoms with E-state index in [2.05, 4.69) is 10.6 Å². The first-order chi connectivity index (χ1) is 11.0. The Morgan fingerprint density at radius 3 is 2.78 bits per heavy atom. The summed E-state index contributed by atoms with van der Waals surface area (Å²) in [5.41, 5.74) is 0.939. The van der Waals surface area contributed by atoms with Gasteiger partial charge >= 0.3 is 12.1 Å². The Morgan fingerprint density at radius 1 is 1.43 bits per heavy atom. The van der Waals surface area contributed by atoms with Gasteiger partial charge in [-0.3, -0.25) is 4.79 Å². The second-order valence-corrected chi connectivity index (χ2v) is 5.47. The molecule has 0 spiro atoms. The molecule has 0 aromatic heterocycles. The first-order valence-corrected chi connectivity index (χ1v) is 7.48. The van der Waals surface area contributed by atoms with Gasteiger partial charge in [0.05, 0.1) is 0 Å². The van der Waals surface area contributed by atoms with Crippen LogP contribution < -0.4 is 10.6 Å². The number of nitrogens with zero attached hydrogens (tertiary/aromatic N) is 1. The maximum absolute atomic E-state index is 12.0. The van der Waals surface area contributed by atoms with Gasteiger partial charge < -0.3 is 20.3 Å². The Kier molecular flexibility index (Phi) is 4.88. The number of carbonyl (C=O) groups excluding carboxylic acids is 3. The minimum atomic E-state index is -1.25. The molecule has 3 amide bonds. The van der Waals surface area contributed by atoms with E-state index in [4.69, 9.17) is 4.74 Å². The molecule has 2 N–H and O–H groups in total. The van der Waals surface area contributed by atoms with Crippen LogP contribution >= 0.6 is 0 Å². The van der Waals surface area contributed by atoms with Gasteiger partial charge in [0.2, 0.25) is 0 Å². The topological polar surface area (TPSA) is 87.7 Å². The quantitative estimate of drug-likeness (QED) is 0.829. The summed E-state index contributed by atoms with van der Waals surface area (Å²) in [5, 5.41) is 5.15. The lowest BCUT2D eigenvalue weighted by Gasteiger charge is -2.27. The lowest BCUT2D eigenvalue weighted by molar-refractivity contribution is -0.126. The predicted molar refractivity (Wildman–Crippen MR) is 85.4 cm³/mol. The van der Waals surface area contributed by atoms with Gasteiger partial charge in [0.1, 0.15) is 0 Å². The van der Waals surface area contributed by atoms with E-state index in [0.717, 1.165) is 5.56 Å². The summed E-state index contributed by atoms with van der Waals surface area (Å²) in [6.45, 7) is 2.32. The van der Waals surface area contributed by atoms with E-state index in [1.165, 1.54) is 11.9 Å². The molecule has 0 bridgehead atoms. The van der Waals surface area contributed by atoms with Crippen molar-refractivity contribution in [1.29, 1.82) is 0 Å². The molecule has 0 fully saturated rings. The van der Waals surface area contributed by atoms with Gasteiger partial charge in [-0.1, -0.05) is 6.07 Å². The highest BCUT2D eigenvalue weighted by Gasteiger charge is 2.43. The van der Waals surface area contributed by atoms with Crippen molar-refractivity contribution >= 4 is 24.1 Å². The molecule has 0 unspecified atom stereocenters. The highest BCUT2D eigenvalue weighted by Crippen LogP contribution is 2.40. The molecule has 23 heavy (non-hydrogen) atoms. The zero-order valence-corrected chi connectivity index (χ0v) is 13.5. The Labute approximate surface area is 135 Å². The molecule has 0 saturated carbocycles. The molecule has 1 aliphatic rings. The van der Waals surface area contributed by atoms with Crippen molar-refractivity contribution in [1.82, 2.24) is 10.2 Å². The van der Waals surface area contributed by atoms with Crippen LogP contribution in [0.1, 0.15) is 24.5 Å². The van der Waals surface area contributed by atoms with E-state index < -0.39 is 11.7 Å². The Bertz CT molecular complexity index is 632. The second-order valence-electron chi connectivity index (χ2n) is 5.47. The van der Waals surface area contributed by atoms with Crippen molar-refractivity contribution in [3.8, 4) is 0 Å². The molecular formula is C16H21N3O4. The molecule has 0 saturated heterocycles. The van der Waals surface area contributed by atoms with Gasteiger partial charge in [-0.2, -0.15) is 0 Å². The number of benzene rings is 1. The number of carbonyl (C=O) groups is 3. The zero-order valence-electron chi connectivity index (χ0n) is 13.5. The maximum atomic E-state index is 12.0. The number of fused-ring (bicyclic) bond motifs is 1. The van der Waals surface area contributed by atoms with E-state index >= 15 is 0 Å². The normalized spacial score (nSPS) is 18.7. The molecule has 7 heteroatoms. The summed E-state index contributed by atoms with van der Waals surface area (Å²) in [4.78, 5) is 36.5. The number of rotatable bonds is 4. The molecule has 124 valence electrons. The first kappa shape index (κ1) is 16.8. The predicted octanol–water partition coefficient (Wildman–Crippen LogP) is 1.87. The molecule has 0 aliphatic heterocycles. The molecule has 1 aromatic carbocycles. The average molecular weight is 319 g/mol. The van der Waals surface area contributed by atoms with Gasteiger partial charge in [0.15, 0.2) is 11.9 Å². The van der Waals surface area contributed by atoms with Crippen LogP contribution in [-0.2, 0) is 21.6 Å². The summed E-state index contributed by atoms with van der Waals surface area (Å²) in [6, 6.07) is 4.89. The van der Waals surface area contributed by atoms with Gasteiger partial charge in [-0.15, -0.1) is 0 Å². The minimum Gasteiger partial charge on any atom is -0.430 e. The van der Waals surface area contributed by atoms with Crippen LogP contribution in [0.2, 0.25) is 0 Å². The Balaban J connectivity index is 2.26. The fourth-order valence-corrected chi connectivity index (χ4v) is 2.56. The van der Waals surface area contributed by atoms with Crippen LogP contribution in [0.4, 0.5) is 15.3 Å². The zero-order chi connectivity index (χ0) is 17.0. The molecule has 0 radical (unpaired) electrons. The number of aldehydes is 1. The van der Waals surface area contributed by atoms with E-state index in [1.807, 2.05) is 6.92 Å². The number of amides is 3. The number of anilines is 1. The van der Waals surface area contributed by atoms with Crippen molar-refractivity contribution in [2.24, 2.45) is 0 Å². The lowest BCUT2D eigenvalue weighted by atomic mass is 9.97. The summed E-state index contributed by atoms with van der Waals surface area (Å²) in [6.07, 6.45) is 1.16. The molecule has 7 nitrogen and oxygen atoms in total. The number of aryl methyl sites for hydroxylation is 1. The van der Waals surface area contributed by atoms with Crippen molar-refractivity contribution in [3.05, 3.63) is 29.3 Å². The number of ether oxygens (including phenoxy) is 1. The molecule has 1 aliphatic carbocycles. The lowest BCUT2D eigenvalue weighted by Crippen LogP contribution is -2.37. The SMILES string of the molecule is CCN(C)C(=O)O[C@]1(C=O)CCc2cc(NC(=O)NC)ccc21. The average Bonchev–Trinajstić information content (AvgIpc) is 2.92. The van der Waals surface area contributed by atoms with Gasteiger partial charge in [-0.25, -0.2) is 9.59 Å². The monoisotopic (exact) mass is 319 g/mol. The Morgan fingerprint density at radius 2 is 2.17 bits per heavy atom. The van der Waals surface area contributed by atoms with E-state index in [-0.39, 0.29) is 6.03 Å². The number of nitrogens with one attached hydrogen (secondary N) is 2. The third-order valence-electron chi connectivity index (χ3n) is 4.06. The van der Waals surface area contributed by atoms with Crippen LogP contribution in [0.3, 0.4) is 0 Å². The van der Waals surface area contributed by atoms with Gasteiger partial charge in [0, 0.05) is 38.3 Å². The molecular weight excluding hydrogens is 298 g/mol. The highest BCUT2D eigenvalue weighted by atomic mass is 16.6. The second kappa shape index (κ2) is 6.68. The van der Waals surface area contributed by atoms with Crippen molar-refractivity contribution in [3.63, 3.8) is 0 Å².